The Kier molecular flexibility index (Phi) is 5.57. The van der Waals surface area contributed by atoms with Crippen molar-refractivity contribution in [3.05, 3.63) is 75.8 Å². The predicted molar refractivity (Wildman–Crippen MR) is 119 cm³/mol. The van der Waals surface area contributed by atoms with E-state index in [1.54, 1.807) is 48.0 Å². The van der Waals surface area contributed by atoms with Gasteiger partial charge in [0.1, 0.15) is 4.83 Å². The Hall–Kier alpha value is -3.16. The smallest absolute Gasteiger partial charge is 0.340 e. The van der Waals surface area contributed by atoms with Crippen LogP contribution in [0.4, 0.5) is 5.69 Å². The summed E-state index contributed by atoms with van der Waals surface area (Å²) in [5.41, 5.74) is 2.41. The second-order valence-corrected chi connectivity index (χ2v) is 7.99. The number of anilines is 1. The first-order chi connectivity index (χ1) is 14.5. The number of benzene rings is 2. The number of aryl methyl sites for hydroxylation is 1. The molecule has 0 aliphatic carbocycles. The van der Waals surface area contributed by atoms with Gasteiger partial charge in [-0.25, -0.2) is 9.48 Å². The first-order valence-corrected chi connectivity index (χ1v) is 10.5. The zero-order chi connectivity index (χ0) is 21.3. The summed E-state index contributed by atoms with van der Waals surface area (Å²) in [6.07, 6.45) is 0. The fourth-order valence-corrected chi connectivity index (χ4v) is 4.28. The maximum absolute atomic E-state index is 12.9. The van der Waals surface area contributed by atoms with Gasteiger partial charge in [0.15, 0.2) is 0 Å². The fraction of sp³-hybridized carbons (Fsp3) is 0.136. The molecule has 2 aromatic carbocycles. The van der Waals surface area contributed by atoms with E-state index in [1.807, 2.05) is 25.1 Å². The summed E-state index contributed by atoms with van der Waals surface area (Å²) in [6.45, 7) is 3.90. The highest BCUT2D eigenvalue weighted by atomic mass is 35.5. The van der Waals surface area contributed by atoms with E-state index in [0.717, 1.165) is 21.6 Å². The fourth-order valence-electron chi connectivity index (χ4n) is 3.08. The first kappa shape index (κ1) is 20.1. The molecule has 0 saturated heterocycles. The zero-order valence-electron chi connectivity index (χ0n) is 16.3. The van der Waals surface area contributed by atoms with Gasteiger partial charge >= 0.3 is 5.97 Å². The highest BCUT2D eigenvalue weighted by Gasteiger charge is 2.19. The minimum absolute atomic E-state index is 0.262. The van der Waals surface area contributed by atoms with Crippen molar-refractivity contribution in [1.82, 2.24) is 9.78 Å². The maximum atomic E-state index is 12.9. The number of amides is 1. The Morgan fingerprint density at radius 2 is 1.90 bits per heavy atom. The molecule has 0 aliphatic rings. The average molecular weight is 440 g/mol. The Morgan fingerprint density at radius 3 is 2.63 bits per heavy atom. The summed E-state index contributed by atoms with van der Waals surface area (Å²) < 4.78 is 6.87. The van der Waals surface area contributed by atoms with Crippen molar-refractivity contribution in [3.8, 4) is 5.69 Å². The van der Waals surface area contributed by atoms with Crippen molar-refractivity contribution in [2.45, 2.75) is 13.8 Å². The summed E-state index contributed by atoms with van der Waals surface area (Å²) in [5.74, 6) is -0.769. The van der Waals surface area contributed by atoms with Gasteiger partial charge in [-0.2, -0.15) is 5.10 Å². The van der Waals surface area contributed by atoms with Crippen molar-refractivity contribution in [3.63, 3.8) is 0 Å². The molecule has 2 aromatic heterocycles. The van der Waals surface area contributed by atoms with Gasteiger partial charge in [0.2, 0.25) is 0 Å². The number of fused-ring (bicyclic) bond motifs is 1. The average Bonchev–Trinajstić information content (AvgIpc) is 3.30. The van der Waals surface area contributed by atoms with Gasteiger partial charge in [-0.15, -0.1) is 11.3 Å². The molecule has 0 radical (unpaired) electrons. The highest BCUT2D eigenvalue weighted by molar-refractivity contribution is 7.20. The Bertz CT molecular complexity index is 1240. The Balaban J connectivity index is 1.66. The monoisotopic (exact) mass is 439 g/mol. The molecule has 4 aromatic rings. The number of ether oxygens (including phenoxy) is 1. The molecule has 0 bridgehead atoms. The quantitative estimate of drug-likeness (QED) is 0.418. The number of thiophene rings is 1. The van der Waals surface area contributed by atoms with E-state index in [9.17, 15) is 9.59 Å². The summed E-state index contributed by atoms with van der Waals surface area (Å²) in [7, 11) is 0. The minimum atomic E-state index is -0.473. The molecule has 0 atom stereocenters. The summed E-state index contributed by atoms with van der Waals surface area (Å²) in [5, 5.41) is 8.96. The molecule has 0 unspecified atom stereocenters. The van der Waals surface area contributed by atoms with Crippen LogP contribution in [-0.2, 0) is 4.74 Å². The number of esters is 1. The third kappa shape index (κ3) is 3.81. The van der Waals surface area contributed by atoms with E-state index in [-0.39, 0.29) is 12.5 Å². The normalized spacial score (nSPS) is 10.9. The van der Waals surface area contributed by atoms with Crippen molar-refractivity contribution in [2.24, 2.45) is 0 Å². The van der Waals surface area contributed by atoms with Gasteiger partial charge in [0.25, 0.3) is 5.91 Å². The van der Waals surface area contributed by atoms with Crippen molar-refractivity contribution in [2.75, 3.05) is 11.9 Å². The third-order valence-electron chi connectivity index (χ3n) is 4.51. The standard InChI is InChI=1S/C22H18ClN3O3S/c1-3-29-22(28)16-6-4-5-7-18(16)24-20(27)19-12-17-13(2)25-26(21(17)30-19)15-10-8-14(23)9-11-15/h4-12H,3H2,1-2H3,(H,24,27). The van der Waals surface area contributed by atoms with Crippen LogP contribution in [0.2, 0.25) is 5.02 Å². The lowest BCUT2D eigenvalue weighted by Crippen LogP contribution is -2.15. The number of carbonyl (C=O) groups is 2. The van der Waals surface area contributed by atoms with Crippen LogP contribution in [0.3, 0.4) is 0 Å². The molecule has 1 N–H and O–H groups in total. The van der Waals surface area contributed by atoms with Crippen molar-refractivity contribution < 1.29 is 14.3 Å². The van der Waals surface area contributed by atoms with Crippen LogP contribution in [-0.4, -0.2) is 28.3 Å². The molecule has 30 heavy (non-hydrogen) atoms. The van der Waals surface area contributed by atoms with E-state index in [0.29, 0.717) is 21.2 Å². The van der Waals surface area contributed by atoms with Crippen molar-refractivity contribution in [1.29, 1.82) is 0 Å². The number of carbonyl (C=O) groups excluding carboxylic acids is 2. The van der Waals surface area contributed by atoms with Crippen LogP contribution in [0.25, 0.3) is 15.9 Å². The van der Waals surface area contributed by atoms with Crippen LogP contribution in [0, 0.1) is 6.92 Å². The second kappa shape index (κ2) is 8.30. The number of hydrogen-bond acceptors (Lipinski definition) is 5. The maximum Gasteiger partial charge on any atom is 0.340 e. The topological polar surface area (TPSA) is 73.2 Å². The molecule has 2 heterocycles. The molecular formula is C22H18ClN3O3S. The first-order valence-electron chi connectivity index (χ1n) is 9.30. The summed E-state index contributed by atoms with van der Waals surface area (Å²) >= 11 is 7.32. The highest BCUT2D eigenvalue weighted by Crippen LogP contribution is 2.31. The van der Waals surface area contributed by atoms with Gasteiger partial charge in [-0.1, -0.05) is 23.7 Å². The molecule has 8 heteroatoms. The largest absolute Gasteiger partial charge is 0.462 e. The predicted octanol–water partition coefficient (Wildman–Crippen LogP) is 5.48. The summed E-state index contributed by atoms with van der Waals surface area (Å²) in [4.78, 5) is 26.5. The minimum Gasteiger partial charge on any atom is -0.462 e. The van der Waals surface area contributed by atoms with E-state index < -0.39 is 5.97 Å². The lowest BCUT2D eigenvalue weighted by molar-refractivity contribution is 0.0527. The third-order valence-corrected chi connectivity index (χ3v) is 5.87. The molecule has 4 rings (SSSR count). The number of halogens is 1. The SMILES string of the molecule is CCOC(=O)c1ccccc1NC(=O)c1cc2c(C)nn(-c3ccc(Cl)cc3)c2s1. The number of nitrogens with one attached hydrogen (secondary N) is 1. The van der Waals surface area contributed by atoms with Crippen LogP contribution in [0.15, 0.2) is 54.6 Å². The molecule has 1 amide bonds. The second-order valence-electron chi connectivity index (χ2n) is 6.52. The number of aromatic nitrogens is 2. The molecule has 0 fully saturated rings. The number of rotatable bonds is 5. The number of hydrogen-bond donors (Lipinski definition) is 1. The van der Waals surface area contributed by atoms with Crippen LogP contribution in [0.1, 0.15) is 32.6 Å². The van der Waals surface area contributed by atoms with Gasteiger partial charge in [-0.05, 0) is 56.3 Å². The molecular weight excluding hydrogens is 422 g/mol. The molecule has 0 aliphatic heterocycles. The van der Waals surface area contributed by atoms with Crippen LogP contribution >= 0.6 is 22.9 Å². The van der Waals surface area contributed by atoms with Gasteiger partial charge < -0.3 is 10.1 Å². The Labute approximate surface area is 182 Å². The van der Waals surface area contributed by atoms with Crippen molar-refractivity contribution >= 4 is 50.7 Å². The van der Waals surface area contributed by atoms with E-state index in [4.69, 9.17) is 16.3 Å². The summed E-state index contributed by atoms with van der Waals surface area (Å²) in [6, 6.07) is 16.0. The molecule has 152 valence electrons. The zero-order valence-corrected chi connectivity index (χ0v) is 17.9. The number of nitrogens with zero attached hydrogens (tertiary/aromatic N) is 2. The van der Waals surface area contributed by atoms with E-state index in [2.05, 4.69) is 10.4 Å². The lowest BCUT2D eigenvalue weighted by Gasteiger charge is -2.09. The number of para-hydroxylation sites is 1. The van der Waals surface area contributed by atoms with Crippen LogP contribution < -0.4 is 5.32 Å². The van der Waals surface area contributed by atoms with E-state index >= 15 is 0 Å². The van der Waals surface area contributed by atoms with Gasteiger partial charge in [0.05, 0.1) is 34.1 Å². The molecule has 6 nitrogen and oxygen atoms in total. The Morgan fingerprint density at radius 1 is 1.17 bits per heavy atom. The van der Waals surface area contributed by atoms with Gasteiger partial charge in [-0.3, -0.25) is 4.79 Å². The molecule has 0 spiro atoms. The lowest BCUT2D eigenvalue weighted by atomic mass is 10.1. The molecule has 0 saturated carbocycles. The van der Waals surface area contributed by atoms with E-state index in [1.165, 1.54) is 11.3 Å². The van der Waals surface area contributed by atoms with Crippen LogP contribution in [0.5, 0.6) is 0 Å². The van der Waals surface area contributed by atoms with Gasteiger partial charge in [0, 0.05) is 10.4 Å².